The van der Waals surface area contributed by atoms with Crippen LogP contribution in [0.2, 0.25) is 0 Å². The quantitative estimate of drug-likeness (QED) is 0.490. The molecule has 0 aliphatic rings. The number of hydrogen-bond donors (Lipinski definition) is 1. The third kappa shape index (κ3) is 5.71. The van der Waals surface area contributed by atoms with Gasteiger partial charge in [0.05, 0.1) is 19.8 Å². The van der Waals surface area contributed by atoms with Gasteiger partial charge in [0.1, 0.15) is 17.3 Å². The minimum atomic E-state index is -0.257. The number of carbonyl (C=O) groups is 1. The smallest absolute Gasteiger partial charge is 0.247 e. The molecular formula is C25H23N3O3. The van der Waals surface area contributed by atoms with Gasteiger partial charge in [0, 0.05) is 36.1 Å². The van der Waals surface area contributed by atoms with Crippen molar-refractivity contribution in [3.63, 3.8) is 0 Å². The van der Waals surface area contributed by atoms with Crippen LogP contribution in [0, 0.1) is 18.8 Å². The lowest BCUT2D eigenvalue weighted by atomic mass is 10.0. The first kappa shape index (κ1) is 21.6. The minimum Gasteiger partial charge on any atom is -0.497 e. The molecule has 0 saturated carbocycles. The summed E-state index contributed by atoms with van der Waals surface area (Å²) in [4.78, 5) is 20.6. The fraction of sp³-hybridized carbons (Fsp3) is 0.160. The van der Waals surface area contributed by atoms with Crippen molar-refractivity contribution in [1.29, 1.82) is 0 Å². The Bertz CT molecular complexity index is 1140. The van der Waals surface area contributed by atoms with Gasteiger partial charge in [-0.05, 0) is 42.3 Å². The zero-order valence-corrected chi connectivity index (χ0v) is 17.7. The number of ether oxygens (including phenoxy) is 2. The van der Waals surface area contributed by atoms with Gasteiger partial charge in [0.25, 0.3) is 0 Å². The Morgan fingerprint density at radius 3 is 2.32 bits per heavy atom. The van der Waals surface area contributed by atoms with E-state index in [0.717, 1.165) is 22.4 Å². The number of carbonyl (C=O) groups excluding carboxylic acids is 1. The minimum absolute atomic E-state index is 0.257. The lowest BCUT2D eigenvalue weighted by Crippen LogP contribution is -2.11. The molecule has 0 bridgehead atoms. The summed E-state index contributed by atoms with van der Waals surface area (Å²) in [7, 11) is 3.20. The molecule has 6 nitrogen and oxygen atoms in total. The van der Waals surface area contributed by atoms with E-state index in [1.54, 1.807) is 32.7 Å². The van der Waals surface area contributed by atoms with Crippen LogP contribution in [0.3, 0.4) is 0 Å². The molecule has 6 heteroatoms. The summed E-state index contributed by atoms with van der Waals surface area (Å²) in [6, 6.07) is 11.2. The van der Waals surface area contributed by atoms with E-state index in [4.69, 9.17) is 9.47 Å². The topological polar surface area (TPSA) is 73.3 Å². The first-order chi connectivity index (χ1) is 15.0. The molecule has 0 atom stereocenters. The van der Waals surface area contributed by atoms with Gasteiger partial charge in [0.2, 0.25) is 5.91 Å². The average Bonchev–Trinajstić information content (AvgIpc) is 2.80. The Labute approximate surface area is 182 Å². The summed E-state index contributed by atoms with van der Waals surface area (Å²) in [5.41, 5.74) is 4.18. The van der Waals surface area contributed by atoms with E-state index in [0.29, 0.717) is 29.3 Å². The van der Waals surface area contributed by atoms with Crippen molar-refractivity contribution >= 4 is 11.6 Å². The second-order valence-corrected chi connectivity index (χ2v) is 6.71. The van der Waals surface area contributed by atoms with Crippen LogP contribution in [0.5, 0.6) is 11.5 Å². The number of aromatic nitrogens is 2. The standard InChI is InChI=1S/C25H23N3O3/c1-5-25(29)28-23-8-6-7-17(2)22(23)14-24-26-15-19(16-27-24)10-9-18-11-20(30-3)13-21(12-18)31-4/h5-8,11-13,15-16H,1,14H2,2-4H3,(H,28,29). The van der Waals surface area contributed by atoms with Crippen LogP contribution in [0.15, 0.2) is 61.4 Å². The molecule has 0 unspecified atom stereocenters. The highest BCUT2D eigenvalue weighted by Crippen LogP contribution is 2.23. The number of benzene rings is 2. The molecule has 0 aliphatic heterocycles. The van der Waals surface area contributed by atoms with Crippen molar-refractivity contribution in [2.24, 2.45) is 0 Å². The van der Waals surface area contributed by atoms with Crippen molar-refractivity contribution in [2.75, 3.05) is 19.5 Å². The highest BCUT2D eigenvalue weighted by atomic mass is 16.5. The van der Waals surface area contributed by atoms with Gasteiger partial charge < -0.3 is 14.8 Å². The van der Waals surface area contributed by atoms with Crippen LogP contribution in [0.25, 0.3) is 0 Å². The van der Waals surface area contributed by atoms with Crippen LogP contribution in [0.4, 0.5) is 5.69 Å². The zero-order valence-electron chi connectivity index (χ0n) is 17.7. The van der Waals surface area contributed by atoms with E-state index in [1.165, 1.54) is 6.08 Å². The van der Waals surface area contributed by atoms with Gasteiger partial charge in [-0.3, -0.25) is 4.79 Å². The molecule has 0 radical (unpaired) electrons. The maximum atomic E-state index is 11.7. The maximum absolute atomic E-state index is 11.7. The first-order valence-electron chi connectivity index (χ1n) is 9.60. The average molecular weight is 413 g/mol. The van der Waals surface area contributed by atoms with Crippen molar-refractivity contribution in [3.8, 4) is 23.3 Å². The highest BCUT2D eigenvalue weighted by Gasteiger charge is 2.10. The first-order valence-corrected chi connectivity index (χ1v) is 9.60. The molecule has 0 aliphatic carbocycles. The molecule has 3 rings (SSSR count). The number of amides is 1. The molecule has 2 aromatic carbocycles. The lowest BCUT2D eigenvalue weighted by molar-refractivity contribution is -0.111. The number of hydrogen-bond acceptors (Lipinski definition) is 5. The second-order valence-electron chi connectivity index (χ2n) is 6.71. The Morgan fingerprint density at radius 1 is 1.06 bits per heavy atom. The van der Waals surface area contributed by atoms with Gasteiger partial charge in [-0.25, -0.2) is 9.97 Å². The zero-order chi connectivity index (χ0) is 22.2. The van der Waals surface area contributed by atoms with Crippen molar-refractivity contribution < 1.29 is 14.3 Å². The summed E-state index contributed by atoms with van der Waals surface area (Å²) in [5, 5.41) is 2.83. The van der Waals surface area contributed by atoms with Gasteiger partial charge in [-0.2, -0.15) is 0 Å². The molecule has 0 saturated heterocycles. The number of nitrogens with zero attached hydrogens (tertiary/aromatic N) is 2. The van der Waals surface area contributed by atoms with E-state index in [-0.39, 0.29) is 5.91 Å². The Balaban J connectivity index is 1.79. The molecule has 0 spiro atoms. The van der Waals surface area contributed by atoms with Crippen LogP contribution in [-0.4, -0.2) is 30.1 Å². The predicted molar refractivity (Wildman–Crippen MR) is 120 cm³/mol. The van der Waals surface area contributed by atoms with E-state index >= 15 is 0 Å². The highest BCUT2D eigenvalue weighted by molar-refractivity contribution is 5.99. The Morgan fingerprint density at radius 2 is 1.71 bits per heavy atom. The summed E-state index contributed by atoms with van der Waals surface area (Å²) in [6.07, 6.45) is 5.11. The van der Waals surface area contributed by atoms with E-state index in [2.05, 4.69) is 33.7 Å². The number of nitrogens with one attached hydrogen (secondary N) is 1. The molecule has 1 heterocycles. The van der Waals surface area contributed by atoms with Crippen LogP contribution in [-0.2, 0) is 11.2 Å². The van der Waals surface area contributed by atoms with Crippen molar-refractivity contribution in [3.05, 3.63) is 89.5 Å². The van der Waals surface area contributed by atoms with Gasteiger partial charge in [-0.15, -0.1) is 0 Å². The lowest BCUT2D eigenvalue weighted by Gasteiger charge is -2.12. The van der Waals surface area contributed by atoms with Crippen molar-refractivity contribution in [1.82, 2.24) is 9.97 Å². The van der Waals surface area contributed by atoms with Gasteiger partial charge in [0.15, 0.2) is 0 Å². The Hall–Kier alpha value is -4.11. The van der Waals surface area contributed by atoms with Crippen LogP contribution < -0.4 is 14.8 Å². The molecule has 0 fully saturated rings. The van der Waals surface area contributed by atoms with Gasteiger partial charge >= 0.3 is 0 Å². The number of rotatable bonds is 6. The largest absolute Gasteiger partial charge is 0.497 e. The monoisotopic (exact) mass is 413 g/mol. The molecular weight excluding hydrogens is 390 g/mol. The van der Waals surface area contributed by atoms with Crippen LogP contribution in [0.1, 0.15) is 28.1 Å². The summed E-state index contributed by atoms with van der Waals surface area (Å²) in [5.74, 6) is 7.86. The molecule has 156 valence electrons. The van der Waals surface area contributed by atoms with Crippen molar-refractivity contribution in [2.45, 2.75) is 13.3 Å². The molecule has 1 amide bonds. The molecule has 1 aromatic heterocycles. The second kappa shape index (κ2) is 10.1. The third-order valence-corrected chi connectivity index (χ3v) is 4.60. The molecule has 1 N–H and O–H groups in total. The molecule has 3 aromatic rings. The van der Waals surface area contributed by atoms with Crippen LogP contribution >= 0.6 is 0 Å². The number of anilines is 1. The number of aryl methyl sites for hydroxylation is 1. The summed E-state index contributed by atoms with van der Waals surface area (Å²) < 4.78 is 10.5. The summed E-state index contributed by atoms with van der Waals surface area (Å²) >= 11 is 0. The third-order valence-electron chi connectivity index (χ3n) is 4.60. The van der Waals surface area contributed by atoms with Gasteiger partial charge in [-0.1, -0.05) is 30.6 Å². The fourth-order valence-corrected chi connectivity index (χ4v) is 2.93. The summed E-state index contributed by atoms with van der Waals surface area (Å²) in [6.45, 7) is 5.48. The predicted octanol–water partition coefficient (Wildman–Crippen LogP) is 3.92. The van der Waals surface area contributed by atoms with E-state index < -0.39 is 0 Å². The molecule has 31 heavy (non-hydrogen) atoms. The number of methoxy groups -OCH3 is 2. The Kier molecular flexibility index (Phi) is 7.02. The normalized spacial score (nSPS) is 9.90. The fourth-order valence-electron chi connectivity index (χ4n) is 2.93. The van der Waals surface area contributed by atoms with E-state index in [9.17, 15) is 4.79 Å². The van der Waals surface area contributed by atoms with E-state index in [1.807, 2.05) is 37.3 Å². The maximum Gasteiger partial charge on any atom is 0.247 e. The SMILES string of the molecule is C=CC(=O)Nc1cccc(C)c1Cc1ncc(C#Cc2cc(OC)cc(OC)c2)cn1.